The van der Waals surface area contributed by atoms with Crippen molar-refractivity contribution in [2.24, 2.45) is 5.73 Å². The zero-order valence-corrected chi connectivity index (χ0v) is 12.1. The minimum absolute atomic E-state index is 0.00176. The van der Waals surface area contributed by atoms with Crippen LogP contribution in [0.4, 0.5) is 0 Å². The summed E-state index contributed by atoms with van der Waals surface area (Å²) in [6.45, 7) is 7.61. The van der Waals surface area contributed by atoms with Gasteiger partial charge in [-0.15, -0.1) is 0 Å². The predicted octanol–water partition coefficient (Wildman–Crippen LogP) is 1.66. The van der Waals surface area contributed by atoms with Crippen molar-refractivity contribution in [1.29, 1.82) is 0 Å². The van der Waals surface area contributed by atoms with Gasteiger partial charge < -0.3 is 10.6 Å². The van der Waals surface area contributed by atoms with E-state index in [4.69, 9.17) is 5.73 Å². The van der Waals surface area contributed by atoms with Crippen molar-refractivity contribution in [1.82, 2.24) is 15.1 Å². The number of amides is 1. The Morgan fingerprint density at radius 1 is 1.53 bits per heavy atom. The summed E-state index contributed by atoms with van der Waals surface area (Å²) in [5, 5.41) is 7.14. The first-order valence-corrected chi connectivity index (χ1v) is 7.00. The molecule has 1 aliphatic rings. The molecule has 1 unspecified atom stereocenters. The Kier molecular flexibility index (Phi) is 3.94. The van der Waals surface area contributed by atoms with Crippen molar-refractivity contribution in [3.05, 3.63) is 17.5 Å². The monoisotopic (exact) mass is 264 g/mol. The number of aromatic amines is 1. The molecule has 1 fully saturated rings. The Bertz CT molecular complexity index is 447. The standard InChI is InChI=1S/C14H24N4O/c1-14(2,3)12-8-11(16-17-12)13(19)18-7-5-4-6-10(18)9-15/h8,10H,4-7,9,15H2,1-3H3,(H,16,17). The molecule has 1 saturated heterocycles. The van der Waals surface area contributed by atoms with Gasteiger partial charge in [0.1, 0.15) is 5.69 Å². The van der Waals surface area contributed by atoms with Crippen molar-refractivity contribution >= 4 is 5.91 Å². The maximum atomic E-state index is 12.5. The number of aromatic nitrogens is 2. The van der Waals surface area contributed by atoms with Gasteiger partial charge in [-0.25, -0.2) is 0 Å². The second kappa shape index (κ2) is 5.33. The summed E-state index contributed by atoms with van der Waals surface area (Å²) in [4.78, 5) is 14.4. The highest BCUT2D eigenvalue weighted by Crippen LogP contribution is 2.23. The number of nitrogens with zero attached hydrogens (tertiary/aromatic N) is 2. The van der Waals surface area contributed by atoms with Gasteiger partial charge in [-0.05, 0) is 25.3 Å². The lowest BCUT2D eigenvalue weighted by Crippen LogP contribution is -2.47. The molecular weight excluding hydrogens is 240 g/mol. The van der Waals surface area contributed by atoms with Crippen molar-refractivity contribution in [2.75, 3.05) is 13.1 Å². The number of rotatable bonds is 2. The molecule has 3 N–H and O–H groups in total. The van der Waals surface area contributed by atoms with E-state index in [0.717, 1.165) is 31.5 Å². The van der Waals surface area contributed by atoms with Crippen LogP contribution < -0.4 is 5.73 Å². The van der Waals surface area contributed by atoms with Gasteiger partial charge in [-0.3, -0.25) is 9.89 Å². The van der Waals surface area contributed by atoms with Crippen molar-refractivity contribution in [2.45, 2.75) is 51.5 Å². The van der Waals surface area contributed by atoms with Crippen LogP contribution in [0, 0.1) is 0 Å². The van der Waals surface area contributed by atoms with Crippen LogP contribution in [-0.4, -0.2) is 40.1 Å². The van der Waals surface area contributed by atoms with Gasteiger partial charge in [0.05, 0.1) is 0 Å². The third-order valence-corrected chi connectivity index (χ3v) is 3.77. The van der Waals surface area contributed by atoms with E-state index in [1.54, 1.807) is 0 Å². The van der Waals surface area contributed by atoms with Crippen LogP contribution in [0.1, 0.15) is 56.2 Å². The lowest BCUT2D eigenvalue weighted by Gasteiger charge is -2.34. The number of nitrogens with two attached hydrogens (primary N) is 1. The molecule has 106 valence electrons. The molecule has 5 nitrogen and oxygen atoms in total. The average Bonchev–Trinajstić information content (AvgIpc) is 2.87. The molecule has 1 aromatic heterocycles. The molecule has 0 radical (unpaired) electrons. The normalized spacial score (nSPS) is 20.6. The molecule has 19 heavy (non-hydrogen) atoms. The van der Waals surface area contributed by atoms with Gasteiger partial charge in [-0.1, -0.05) is 20.8 Å². The van der Waals surface area contributed by atoms with Gasteiger partial charge in [0.25, 0.3) is 5.91 Å². The maximum absolute atomic E-state index is 12.5. The number of H-pyrrole nitrogens is 1. The first-order chi connectivity index (χ1) is 8.93. The minimum Gasteiger partial charge on any atom is -0.333 e. The highest BCUT2D eigenvalue weighted by atomic mass is 16.2. The summed E-state index contributed by atoms with van der Waals surface area (Å²) >= 11 is 0. The number of nitrogens with one attached hydrogen (secondary N) is 1. The van der Waals surface area contributed by atoms with Gasteiger partial charge in [0.2, 0.25) is 0 Å². The summed E-state index contributed by atoms with van der Waals surface area (Å²) in [5.74, 6) is 0.00176. The van der Waals surface area contributed by atoms with Crippen molar-refractivity contribution < 1.29 is 4.79 Å². The molecule has 1 atom stereocenters. The molecule has 0 aromatic carbocycles. The quantitative estimate of drug-likeness (QED) is 0.853. The Balaban J connectivity index is 2.16. The fraction of sp³-hybridized carbons (Fsp3) is 0.714. The van der Waals surface area contributed by atoms with Gasteiger partial charge in [-0.2, -0.15) is 5.10 Å². The van der Waals surface area contributed by atoms with Crippen LogP contribution in [0.25, 0.3) is 0 Å². The molecule has 1 aliphatic heterocycles. The summed E-state index contributed by atoms with van der Waals surface area (Å²) < 4.78 is 0. The smallest absolute Gasteiger partial charge is 0.274 e. The summed E-state index contributed by atoms with van der Waals surface area (Å²) in [5.41, 5.74) is 7.22. The molecule has 5 heteroatoms. The number of hydrogen-bond acceptors (Lipinski definition) is 3. The number of carbonyl (C=O) groups is 1. The Hall–Kier alpha value is -1.36. The lowest BCUT2D eigenvalue weighted by molar-refractivity contribution is 0.0617. The van der Waals surface area contributed by atoms with Crippen LogP contribution in [-0.2, 0) is 5.41 Å². The van der Waals surface area contributed by atoms with E-state index in [0.29, 0.717) is 12.2 Å². The fourth-order valence-corrected chi connectivity index (χ4v) is 2.48. The van der Waals surface area contributed by atoms with Gasteiger partial charge in [0, 0.05) is 30.2 Å². The Morgan fingerprint density at radius 2 is 2.26 bits per heavy atom. The molecule has 2 rings (SSSR count). The van der Waals surface area contributed by atoms with Crippen LogP contribution in [0.15, 0.2) is 6.07 Å². The number of hydrogen-bond donors (Lipinski definition) is 2. The van der Waals surface area contributed by atoms with E-state index in [1.807, 2.05) is 11.0 Å². The van der Waals surface area contributed by atoms with E-state index in [2.05, 4.69) is 31.0 Å². The highest BCUT2D eigenvalue weighted by Gasteiger charge is 2.28. The zero-order valence-electron chi connectivity index (χ0n) is 12.1. The third-order valence-electron chi connectivity index (χ3n) is 3.77. The molecule has 1 amide bonds. The molecule has 2 heterocycles. The summed E-state index contributed by atoms with van der Waals surface area (Å²) in [6.07, 6.45) is 3.21. The topological polar surface area (TPSA) is 75.0 Å². The molecular formula is C14H24N4O. The molecule has 1 aromatic rings. The number of piperidine rings is 1. The van der Waals surface area contributed by atoms with Gasteiger partial charge >= 0.3 is 0 Å². The molecule has 0 saturated carbocycles. The van der Waals surface area contributed by atoms with E-state index >= 15 is 0 Å². The van der Waals surface area contributed by atoms with Crippen LogP contribution in [0.5, 0.6) is 0 Å². The number of carbonyl (C=O) groups excluding carboxylic acids is 1. The lowest BCUT2D eigenvalue weighted by atomic mass is 9.92. The van der Waals surface area contributed by atoms with Crippen molar-refractivity contribution in [3.63, 3.8) is 0 Å². The average molecular weight is 264 g/mol. The molecule has 0 aliphatic carbocycles. The molecule has 0 bridgehead atoms. The van der Waals surface area contributed by atoms with Crippen LogP contribution in [0.2, 0.25) is 0 Å². The van der Waals surface area contributed by atoms with Gasteiger partial charge in [0.15, 0.2) is 0 Å². The largest absolute Gasteiger partial charge is 0.333 e. The van der Waals surface area contributed by atoms with E-state index in [1.165, 1.54) is 0 Å². The SMILES string of the molecule is CC(C)(C)c1cc(C(=O)N2CCCCC2CN)n[nH]1. The Morgan fingerprint density at radius 3 is 2.84 bits per heavy atom. The zero-order chi connectivity index (χ0) is 14.0. The van der Waals surface area contributed by atoms with E-state index < -0.39 is 0 Å². The van der Waals surface area contributed by atoms with Crippen LogP contribution in [0.3, 0.4) is 0 Å². The number of likely N-dealkylation sites (tertiary alicyclic amines) is 1. The fourth-order valence-electron chi connectivity index (χ4n) is 2.48. The maximum Gasteiger partial charge on any atom is 0.274 e. The van der Waals surface area contributed by atoms with Crippen molar-refractivity contribution in [3.8, 4) is 0 Å². The first-order valence-electron chi connectivity index (χ1n) is 7.00. The third kappa shape index (κ3) is 2.97. The first kappa shape index (κ1) is 14.1. The summed E-state index contributed by atoms with van der Waals surface area (Å²) in [6, 6.07) is 2.03. The van der Waals surface area contributed by atoms with E-state index in [-0.39, 0.29) is 17.4 Å². The predicted molar refractivity (Wildman–Crippen MR) is 75.0 cm³/mol. The second-order valence-electron chi connectivity index (χ2n) is 6.30. The van der Waals surface area contributed by atoms with Crippen LogP contribution >= 0.6 is 0 Å². The summed E-state index contributed by atoms with van der Waals surface area (Å²) in [7, 11) is 0. The highest BCUT2D eigenvalue weighted by molar-refractivity contribution is 5.92. The minimum atomic E-state index is -0.0271. The molecule has 0 spiro atoms. The second-order valence-corrected chi connectivity index (χ2v) is 6.30. The van der Waals surface area contributed by atoms with E-state index in [9.17, 15) is 4.79 Å². The Labute approximate surface area is 114 Å².